The van der Waals surface area contributed by atoms with Crippen molar-refractivity contribution < 1.29 is 0 Å². The minimum atomic E-state index is 1.04. The fraction of sp³-hybridized carbons (Fsp3) is 0.895. The predicted molar refractivity (Wildman–Crippen MR) is 85.2 cm³/mol. The van der Waals surface area contributed by atoms with Crippen LogP contribution in [0.1, 0.15) is 84.5 Å². The third kappa shape index (κ3) is 4.65. The summed E-state index contributed by atoms with van der Waals surface area (Å²) in [5.41, 5.74) is 0. The second kappa shape index (κ2) is 8.12. The zero-order chi connectivity index (χ0) is 13.5. The summed E-state index contributed by atoms with van der Waals surface area (Å²) in [6.07, 6.45) is 21.0. The van der Waals surface area contributed by atoms with Crippen LogP contribution in [0.2, 0.25) is 0 Å². The molecule has 2 aliphatic rings. The lowest BCUT2D eigenvalue weighted by atomic mass is 9.68. The quantitative estimate of drug-likeness (QED) is 0.505. The summed E-state index contributed by atoms with van der Waals surface area (Å²) in [4.78, 5) is 0. The summed E-state index contributed by atoms with van der Waals surface area (Å²) in [5, 5.41) is 0. The summed E-state index contributed by atoms with van der Waals surface area (Å²) in [6, 6.07) is 0. The molecule has 110 valence electrons. The van der Waals surface area contributed by atoms with Crippen LogP contribution in [-0.2, 0) is 0 Å². The van der Waals surface area contributed by atoms with Crippen molar-refractivity contribution >= 4 is 0 Å². The van der Waals surface area contributed by atoms with Gasteiger partial charge < -0.3 is 0 Å². The van der Waals surface area contributed by atoms with Crippen LogP contribution >= 0.6 is 0 Å². The highest BCUT2D eigenvalue weighted by atomic mass is 14.4. The molecule has 0 nitrogen and oxygen atoms in total. The van der Waals surface area contributed by atoms with Crippen molar-refractivity contribution in [1.29, 1.82) is 0 Å². The molecule has 0 radical (unpaired) electrons. The molecule has 0 heteroatoms. The zero-order valence-corrected chi connectivity index (χ0v) is 13.2. The molecule has 2 aliphatic carbocycles. The first kappa shape index (κ1) is 15.1. The Morgan fingerprint density at radius 2 is 1.32 bits per heavy atom. The Morgan fingerprint density at radius 1 is 0.789 bits per heavy atom. The van der Waals surface area contributed by atoms with E-state index in [1.165, 1.54) is 44.9 Å². The number of rotatable bonds is 5. The first-order valence-electron chi connectivity index (χ1n) is 8.94. The molecule has 2 rings (SSSR count). The number of hydrogen-bond donors (Lipinski definition) is 0. The fourth-order valence-electron chi connectivity index (χ4n) is 4.51. The van der Waals surface area contributed by atoms with E-state index in [4.69, 9.17) is 0 Å². The normalized spacial score (nSPS) is 36.7. The lowest BCUT2D eigenvalue weighted by Crippen LogP contribution is -2.25. The summed E-state index contributed by atoms with van der Waals surface area (Å²) in [5.74, 6) is 4.29. The molecule has 0 aromatic rings. The molecule has 2 saturated carbocycles. The van der Waals surface area contributed by atoms with E-state index >= 15 is 0 Å². The molecule has 0 N–H and O–H groups in total. The summed E-state index contributed by atoms with van der Waals surface area (Å²) in [7, 11) is 0. The third-order valence-corrected chi connectivity index (χ3v) is 6.00. The average molecular weight is 262 g/mol. The second-order valence-corrected chi connectivity index (χ2v) is 7.12. The maximum atomic E-state index is 2.38. The van der Waals surface area contributed by atoms with E-state index in [1.54, 1.807) is 25.7 Å². The van der Waals surface area contributed by atoms with Crippen molar-refractivity contribution in [3.05, 3.63) is 12.2 Å². The predicted octanol–water partition coefficient (Wildman–Crippen LogP) is 6.37. The molecule has 0 aliphatic heterocycles. The van der Waals surface area contributed by atoms with Gasteiger partial charge >= 0.3 is 0 Å². The van der Waals surface area contributed by atoms with E-state index in [-0.39, 0.29) is 0 Å². The Labute approximate surface area is 121 Å². The first-order chi connectivity index (χ1) is 9.33. The molecular weight excluding hydrogens is 228 g/mol. The fourth-order valence-corrected chi connectivity index (χ4v) is 4.51. The van der Waals surface area contributed by atoms with Gasteiger partial charge in [0.25, 0.3) is 0 Å². The monoisotopic (exact) mass is 262 g/mol. The number of allylic oxidation sites excluding steroid dienone is 2. The highest BCUT2D eigenvalue weighted by Crippen LogP contribution is 2.42. The zero-order valence-electron chi connectivity index (χ0n) is 13.2. The van der Waals surface area contributed by atoms with Crippen LogP contribution in [0.3, 0.4) is 0 Å². The van der Waals surface area contributed by atoms with Gasteiger partial charge in [0.05, 0.1) is 0 Å². The van der Waals surface area contributed by atoms with Gasteiger partial charge in [0.15, 0.2) is 0 Å². The van der Waals surface area contributed by atoms with Crippen molar-refractivity contribution in [3.63, 3.8) is 0 Å². The van der Waals surface area contributed by atoms with Gasteiger partial charge in [-0.25, -0.2) is 0 Å². The smallest absolute Gasteiger partial charge is 0.0348 e. The van der Waals surface area contributed by atoms with Crippen LogP contribution in [0.15, 0.2) is 12.2 Å². The van der Waals surface area contributed by atoms with Gasteiger partial charge in [0, 0.05) is 0 Å². The van der Waals surface area contributed by atoms with Crippen LogP contribution in [0, 0.1) is 23.7 Å². The van der Waals surface area contributed by atoms with Crippen LogP contribution in [0.4, 0.5) is 0 Å². The van der Waals surface area contributed by atoms with Crippen molar-refractivity contribution in [1.82, 2.24) is 0 Å². The molecule has 19 heavy (non-hydrogen) atoms. The van der Waals surface area contributed by atoms with Gasteiger partial charge in [-0.1, -0.05) is 51.2 Å². The van der Waals surface area contributed by atoms with Crippen molar-refractivity contribution in [2.45, 2.75) is 84.5 Å². The molecule has 0 spiro atoms. The topological polar surface area (TPSA) is 0 Å². The van der Waals surface area contributed by atoms with Gasteiger partial charge in [-0.2, -0.15) is 0 Å². The van der Waals surface area contributed by atoms with Gasteiger partial charge in [0.2, 0.25) is 0 Å². The molecular formula is C19H34. The van der Waals surface area contributed by atoms with Crippen LogP contribution in [0.25, 0.3) is 0 Å². The number of hydrogen-bond acceptors (Lipinski definition) is 0. The van der Waals surface area contributed by atoms with E-state index in [2.05, 4.69) is 26.0 Å². The van der Waals surface area contributed by atoms with Gasteiger partial charge in [-0.3, -0.25) is 0 Å². The standard InChI is InChI=1S/C19H34/c1-3-5-6-7-17-10-14-19(15-11-17)18-12-8-16(4-2)9-13-18/h3,5,16-19H,4,6-15H2,1-2H3/b5-3+. The molecule has 0 bridgehead atoms. The van der Waals surface area contributed by atoms with Gasteiger partial charge in [-0.05, 0) is 69.1 Å². The minimum absolute atomic E-state index is 1.04. The van der Waals surface area contributed by atoms with Crippen molar-refractivity contribution in [2.24, 2.45) is 23.7 Å². The minimum Gasteiger partial charge on any atom is -0.0917 e. The maximum Gasteiger partial charge on any atom is -0.0348 e. The van der Waals surface area contributed by atoms with Crippen molar-refractivity contribution in [2.75, 3.05) is 0 Å². The maximum absolute atomic E-state index is 2.38. The summed E-state index contributed by atoms with van der Waals surface area (Å²) in [6.45, 7) is 4.52. The Morgan fingerprint density at radius 3 is 1.79 bits per heavy atom. The van der Waals surface area contributed by atoms with Crippen LogP contribution in [-0.4, -0.2) is 0 Å². The Balaban J connectivity index is 1.66. The highest BCUT2D eigenvalue weighted by Gasteiger charge is 2.30. The average Bonchev–Trinajstić information content (AvgIpc) is 2.48. The van der Waals surface area contributed by atoms with E-state index in [0.29, 0.717) is 0 Å². The van der Waals surface area contributed by atoms with E-state index < -0.39 is 0 Å². The lowest BCUT2D eigenvalue weighted by Gasteiger charge is -2.37. The SMILES string of the molecule is C/C=C/CCC1CCC(C2CCC(CC)CC2)CC1. The molecule has 0 aromatic carbocycles. The molecule has 0 atom stereocenters. The molecule has 0 unspecified atom stereocenters. The van der Waals surface area contributed by atoms with Gasteiger partial charge in [0.1, 0.15) is 0 Å². The molecule has 0 heterocycles. The van der Waals surface area contributed by atoms with Crippen LogP contribution < -0.4 is 0 Å². The molecule has 2 fully saturated rings. The summed E-state index contributed by atoms with van der Waals surface area (Å²) < 4.78 is 0. The molecule has 0 saturated heterocycles. The molecule has 0 aromatic heterocycles. The van der Waals surface area contributed by atoms with E-state index in [0.717, 1.165) is 23.7 Å². The third-order valence-electron chi connectivity index (χ3n) is 6.00. The Bertz CT molecular complexity index is 249. The van der Waals surface area contributed by atoms with E-state index in [1.807, 2.05) is 0 Å². The highest BCUT2D eigenvalue weighted by molar-refractivity contribution is 4.83. The molecule has 0 amide bonds. The second-order valence-electron chi connectivity index (χ2n) is 7.12. The van der Waals surface area contributed by atoms with Crippen LogP contribution in [0.5, 0.6) is 0 Å². The van der Waals surface area contributed by atoms with Crippen molar-refractivity contribution in [3.8, 4) is 0 Å². The Kier molecular flexibility index (Phi) is 6.47. The summed E-state index contributed by atoms with van der Waals surface area (Å²) >= 11 is 0. The van der Waals surface area contributed by atoms with Gasteiger partial charge in [-0.15, -0.1) is 0 Å². The first-order valence-corrected chi connectivity index (χ1v) is 8.94. The lowest BCUT2D eigenvalue weighted by molar-refractivity contribution is 0.143. The van der Waals surface area contributed by atoms with E-state index in [9.17, 15) is 0 Å². The Hall–Kier alpha value is -0.260. The largest absolute Gasteiger partial charge is 0.0917 e.